The van der Waals surface area contributed by atoms with Gasteiger partial charge < -0.3 is 0 Å². The van der Waals surface area contributed by atoms with E-state index < -0.39 is 48.3 Å². The largest absolute Gasteiger partial charge is 0.276 e. The Morgan fingerprint density at radius 2 is 1.06 bits per heavy atom. The maximum absolute atomic E-state index is 8.91. The van der Waals surface area contributed by atoms with Crippen molar-refractivity contribution in [3.63, 3.8) is 0 Å². The van der Waals surface area contributed by atoms with Gasteiger partial charge in [-0.15, -0.1) is 11.3 Å². The third kappa shape index (κ3) is 4.13. The van der Waals surface area contributed by atoms with E-state index in [-0.39, 0.29) is 34.9 Å². The van der Waals surface area contributed by atoms with Crippen molar-refractivity contribution in [1.82, 2.24) is 14.5 Å². The Morgan fingerprint density at radius 3 is 1.79 bits per heavy atom. The molecule has 0 aliphatic carbocycles. The van der Waals surface area contributed by atoms with Gasteiger partial charge in [-0.3, -0.25) is 4.57 Å². The summed E-state index contributed by atoms with van der Waals surface area (Å²) >= 11 is 1.67. The number of benzene rings is 7. The number of fused-ring (bicyclic) bond motifs is 10. The highest BCUT2D eigenvalue weighted by Crippen LogP contribution is 2.47. The highest BCUT2D eigenvalue weighted by atomic mass is 32.1. The number of hydrogen-bond acceptors (Lipinski definition) is 3. The second kappa shape index (κ2) is 10.7. The molecule has 3 aromatic heterocycles. The summed E-state index contributed by atoms with van der Waals surface area (Å²) in [5.41, 5.74) is 3.12. The van der Waals surface area contributed by atoms with Gasteiger partial charge in [0.15, 0.2) is 0 Å². The van der Waals surface area contributed by atoms with E-state index in [1.807, 2.05) is 47.0 Å². The first kappa shape index (κ1) is 18.9. The summed E-state index contributed by atoms with van der Waals surface area (Å²) in [6, 6.07) is 28.7. The van der Waals surface area contributed by atoms with Crippen molar-refractivity contribution in [3.05, 3.63) is 164 Å². The summed E-state index contributed by atoms with van der Waals surface area (Å²) < 4.78 is 88.6. The lowest BCUT2D eigenvalue weighted by Crippen LogP contribution is -2.04. The van der Waals surface area contributed by atoms with E-state index >= 15 is 0 Å². The van der Waals surface area contributed by atoms with Crippen LogP contribution in [0.25, 0.3) is 92.3 Å². The van der Waals surface area contributed by atoms with Crippen molar-refractivity contribution >= 4 is 64.1 Å². The van der Waals surface area contributed by atoms with Crippen LogP contribution in [0.4, 0.5) is 0 Å². The number of para-hydroxylation sites is 1. The Labute approximate surface area is 295 Å². The second-order valence-corrected chi connectivity index (χ2v) is 12.5. The molecule has 7 aromatic carbocycles. The van der Waals surface area contributed by atoms with Gasteiger partial charge in [0.25, 0.3) is 0 Å². The average molecular weight is 640 g/mol. The third-order valence-corrected chi connectivity index (χ3v) is 9.97. The summed E-state index contributed by atoms with van der Waals surface area (Å²) in [6.07, 6.45) is 0. The van der Waals surface area contributed by atoms with Crippen LogP contribution in [0.2, 0.25) is 0 Å². The summed E-state index contributed by atoms with van der Waals surface area (Å²) in [7, 11) is 0. The standard InChI is InChI=1S/C44H27N3S/c1-3-13-28(14-4-1)29-23-25-31(26-24-29)37-27-36(30-15-5-2-6-16-30)45-44(46-37)47-38-21-11-9-19-34(38)40-32-17-7-8-18-33(32)41-35-20-10-12-22-39(35)48-43(41)42(40)47/h1-27H/i1D,2D,3D,4D,5D,6D,13D,14D,15D,16D. The van der Waals surface area contributed by atoms with Crippen LogP contribution in [0.15, 0.2) is 164 Å². The van der Waals surface area contributed by atoms with E-state index in [9.17, 15) is 0 Å². The predicted molar refractivity (Wildman–Crippen MR) is 203 cm³/mol. The lowest BCUT2D eigenvalue weighted by molar-refractivity contribution is 0.998. The van der Waals surface area contributed by atoms with Gasteiger partial charge >= 0.3 is 0 Å². The highest BCUT2D eigenvalue weighted by molar-refractivity contribution is 7.27. The molecule has 0 atom stereocenters. The molecule has 3 heterocycles. The lowest BCUT2D eigenvalue weighted by Gasteiger charge is -2.13. The van der Waals surface area contributed by atoms with E-state index in [0.717, 1.165) is 52.8 Å². The molecule has 10 rings (SSSR count). The number of nitrogens with zero attached hydrogens (tertiary/aromatic N) is 3. The third-order valence-electron chi connectivity index (χ3n) is 8.79. The molecular formula is C44H27N3S. The van der Waals surface area contributed by atoms with Crippen LogP contribution < -0.4 is 0 Å². The maximum Gasteiger partial charge on any atom is 0.235 e. The second-order valence-electron chi connectivity index (χ2n) is 11.4. The molecule has 0 bridgehead atoms. The molecule has 0 unspecified atom stereocenters. The fraction of sp³-hybridized carbons (Fsp3) is 0. The molecule has 0 N–H and O–H groups in total. The minimum absolute atomic E-state index is 0.0607. The van der Waals surface area contributed by atoms with Crippen LogP contribution in [-0.4, -0.2) is 14.5 Å². The molecule has 48 heavy (non-hydrogen) atoms. The van der Waals surface area contributed by atoms with Crippen LogP contribution in [0, 0.1) is 0 Å². The number of hydrogen-bond donors (Lipinski definition) is 0. The van der Waals surface area contributed by atoms with E-state index in [2.05, 4.69) is 30.3 Å². The molecular weight excluding hydrogens is 603 g/mol. The summed E-state index contributed by atoms with van der Waals surface area (Å²) in [5.74, 6) is 0.217. The number of thiophene rings is 1. The fourth-order valence-corrected chi connectivity index (χ4v) is 7.98. The van der Waals surface area contributed by atoms with E-state index in [1.54, 1.807) is 41.7 Å². The summed E-state index contributed by atoms with van der Waals surface area (Å²) in [6.45, 7) is 0. The molecule has 0 saturated heterocycles. The van der Waals surface area contributed by atoms with Crippen molar-refractivity contribution in [2.45, 2.75) is 0 Å². The first-order valence-corrected chi connectivity index (χ1v) is 16.2. The van der Waals surface area contributed by atoms with Gasteiger partial charge in [-0.1, -0.05) is 145 Å². The molecule has 0 fully saturated rings. The van der Waals surface area contributed by atoms with E-state index in [0.29, 0.717) is 16.8 Å². The van der Waals surface area contributed by atoms with Gasteiger partial charge in [-0.05, 0) is 40.1 Å². The van der Waals surface area contributed by atoms with E-state index in [4.69, 9.17) is 23.7 Å². The quantitative estimate of drug-likeness (QED) is 0.192. The minimum Gasteiger partial charge on any atom is -0.276 e. The Morgan fingerprint density at radius 1 is 0.500 bits per heavy atom. The van der Waals surface area contributed by atoms with Crippen LogP contribution in [0.1, 0.15) is 13.7 Å². The maximum atomic E-state index is 8.91. The van der Waals surface area contributed by atoms with Gasteiger partial charge in [0.1, 0.15) is 0 Å². The molecule has 10 aromatic rings. The first-order chi connectivity index (χ1) is 28.0. The van der Waals surface area contributed by atoms with Crippen molar-refractivity contribution in [2.24, 2.45) is 0 Å². The molecule has 0 aliphatic rings. The highest BCUT2D eigenvalue weighted by Gasteiger charge is 2.23. The van der Waals surface area contributed by atoms with Gasteiger partial charge in [0.2, 0.25) is 5.95 Å². The van der Waals surface area contributed by atoms with Crippen LogP contribution in [0.5, 0.6) is 0 Å². The molecule has 3 nitrogen and oxygen atoms in total. The first-order valence-electron chi connectivity index (χ1n) is 20.4. The van der Waals surface area contributed by atoms with Gasteiger partial charge in [-0.25, -0.2) is 9.97 Å². The summed E-state index contributed by atoms with van der Waals surface area (Å²) in [5, 5.41) is 6.35. The molecule has 0 spiro atoms. The van der Waals surface area contributed by atoms with Crippen LogP contribution >= 0.6 is 11.3 Å². The molecule has 224 valence electrons. The van der Waals surface area contributed by atoms with Crippen molar-refractivity contribution in [3.8, 4) is 39.6 Å². The van der Waals surface area contributed by atoms with Crippen LogP contribution in [-0.2, 0) is 0 Å². The van der Waals surface area contributed by atoms with Gasteiger partial charge in [0, 0.05) is 37.4 Å². The van der Waals surface area contributed by atoms with E-state index in [1.165, 1.54) is 0 Å². The normalized spacial score (nSPS) is 14.7. The average Bonchev–Trinajstić information content (AvgIpc) is 3.81. The fourth-order valence-electron chi connectivity index (χ4n) is 6.72. The Bertz CT molecular complexity index is 3350. The Kier molecular flexibility index (Phi) is 4.22. The molecule has 0 amide bonds. The van der Waals surface area contributed by atoms with Crippen molar-refractivity contribution in [2.75, 3.05) is 0 Å². The minimum atomic E-state index is -0.516. The Balaban J connectivity index is 1.31. The zero-order chi connectivity index (χ0) is 40.3. The molecule has 0 saturated carbocycles. The lowest BCUT2D eigenvalue weighted by atomic mass is 9.99. The molecule has 4 heteroatoms. The number of rotatable bonds is 4. The van der Waals surface area contributed by atoms with Crippen molar-refractivity contribution < 1.29 is 13.7 Å². The number of aromatic nitrogens is 3. The topological polar surface area (TPSA) is 30.7 Å². The SMILES string of the molecule is [2H]c1c([2H])c([2H])c(-c2ccc(-c3cc(-c4c([2H])c([2H])c([2H])c([2H])c4[2H])nc(-n4c5ccccc5c5c6ccccc6c6c7ccccc7sc6c54)n3)cc2)c([2H])c1[2H]. The zero-order valence-corrected chi connectivity index (χ0v) is 25.9. The molecule has 0 aliphatic heterocycles. The van der Waals surface area contributed by atoms with Crippen molar-refractivity contribution in [1.29, 1.82) is 0 Å². The van der Waals surface area contributed by atoms with Gasteiger partial charge in [-0.2, -0.15) is 0 Å². The van der Waals surface area contributed by atoms with Gasteiger partial charge in [0.05, 0.1) is 40.8 Å². The smallest absolute Gasteiger partial charge is 0.235 e. The summed E-state index contributed by atoms with van der Waals surface area (Å²) in [4.78, 5) is 10.2. The Hall–Kier alpha value is -6.10. The predicted octanol–water partition coefficient (Wildman–Crippen LogP) is 12.1. The molecule has 0 radical (unpaired) electrons. The zero-order valence-electron chi connectivity index (χ0n) is 35.1. The van der Waals surface area contributed by atoms with Crippen LogP contribution in [0.3, 0.4) is 0 Å². The monoisotopic (exact) mass is 639 g/mol.